The maximum Gasteiger partial charge on any atom is 0.223 e. The number of carbonyl (C=O) groups is 1. The second-order valence-electron chi connectivity index (χ2n) is 3.45. The summed E-state index contributed by atoms with van der Waals surface area (Å²) in [4.78, 5) is 15.7. The molecule has 17 heavy (non-hydrogen) atoms. The summed E-state index contributed by atoms with van der Waals surface area (Å²) in [5.74, 6) is -0.116. The molecule has 0 aliphatic heterocycles. The van der Waals surface area contributed by atoms with Crippen LogP contribution in [0.4, 0.5) is 0 Å². The Hall–Kier alpha value is -2.49. The Labute approximate surface area is 98.5 Å². The van der Waals surface area contributed by atoms with Crippen LogP contribution in [0.25, 0.3) is 6.08 Å². The van der Waals surface area contributed by atoms with Crippen molar-refractivity contribution < 1.29 is 14.7 Å². The van der Waals surface area contributed by atoms with E-state index in [0.717, 1.165) is 10.3 Å². The minimum Gasteiger partial charge on any atom is -0.289 e. The summed E-state index contributed by atoms with van der Waals surface area (Å²) in [5, 5.41) is 9.03. The molecular formula is C13H11N2O2+. The number of nitrogens with zero attached hydrogens (tertiary/aromatic N) is 2. The molecule has 0 saturated carbocycles. The first-order valence-electron chi connectivity index (χ1n) is 5.09. The fourth-order valence-electron chi connectivity index (χ4n) is 1.33. The Morgan fingerprint density at radius 1 is 1.29 bits per heavy atom. The maximum atomic E-state index is 11.7. The van der Waals surface area contributed by atoms with Crippen molar-refractivity contribution in [2.45, 2.75) is 0 Å². The highest BCUT2D eigenvalue weighted by atomic mass is 16.5. The molecule has 1 N–H and O–H groups in total. The van der Waals surface area contributed by atoms with E-state index in [1.807, 2.05) is 6.07 Å². The molecule has 2 rings (SSSR count). The zero-order chi connectivity index (χ0) is 12.1. The number of hydrogen-bond acceptors (Lipinski definition) is 3. The monoisotopic (exact) mass is 227 g/mol. The lowest BCUT2D eigenvalue weighted by Crippen LogP contribution is -2.28. The van der Waals surface area contributed by atoms with E-state index < -0.39 is 0 Å². The van der Waals surface area contributed by atoms with Crippen LogP contribution in [0.3, 0.4) is 0 Å². The molecule has 0 radical (unpaired) electrons. The highest BCUT2D eigenvalue weighted by Gasteiger charge is 2.04. The molecule has 0 atom stereocenters. The second-order valence-corrected chi connectivity index (χ2v) is 3.45. The van der Waals surface area contributed by atoms with Crippen LogP contribution in [0.15, 0.2) is 55.1 Å². The van der Waals surface area contributed by atoms with Crippen molar-refractivity contribution in [2.75, 3.05) is 0 Å². The lowest BCUT2D eigenvalue weighted by atomic mass is 10.1. The fourth-order valence-corrected chi connectivity index (χ4v) is 1.33. The van der Waals surface area contributed by atoms with Gasteiger partial charge in [0.05, 0.1) is 0 Å². The molecule has 0 unspecified atom stereocenters. The third kappa shape index (κ3) is 2.98. The van der Waals surface area contributed by atoms with Crippen molar-refractivity contribution >= 4 is 11.9 Å². The van der Waals surface area contributed by atoms with Crippen molar-refractivity contribution in [2.24, 2.45) is 0 Å². The molecular weight excluding hydrogens is 216 g/mol. The third-order valence-electron chi connectivity index (χ3n) is 2.21. The van der Waals surface area contributed by atoms with E-state index in [0.29, 0.717) is 5.56 Å². The van der Waals surface area contributed by atoms with Crippen LogP contribution < -0.4 is 4.73 Å². The van der Waals surface area contributed by atoms with Crippen molar-refractivity contribution in [3.63, 3.8) is 0 Å². The van der Waals surface area contributed by atoms with Crippen LogP contribution in [0.2, 0.25) is 0 Å². The van der Waals surface area contributed by atoms with Gasteiger partial charge in [0, 0.05) is 34.8 Å². The van der Waals surface area contributed by atoms with Gasteiger partial charge in [-0.05, 0) is 23.8 Å². The summed E-state index contributed by atoms with van der Waals surface area (Å²) < 4.78 is 0.890. The molecule has 2 aromatic heterocycles. The minimum absolute atomic E-state index is 0.116. The Balaban J connectivity index is 2.12. The number of rotatable bonds is 3. The lowest BCUT2D eigenvalue weighted by molar-refractivity contribution is -0.904. The predicted molar refractivity (Wildman–Crippen MR) is 61.4 cm³/mol. The van der Waals surface area contributed by atoms with Gasteiger partial charge in [-0.15, -0.1) is 0 Å². The van der Waals surface area contributed by atoms with E-state index in [4.69, 9.17) is 5.21 Å². The molecule has 0 amide bonds. The SMILES string of the molecule is O=C(C=Cc1cccnc1)c1cc[n+](O)cc1. The van der Waals surface area contributed by atoms with Crippen molar-refractivity contribution in [1.29, 1.82) is 0 Å². The standard InChI is InChI=1S/C13H11N2O2/c16-13(12-5-8-15(17)9-6-12)4-3-11-2-1-7-14-10-11/h1-10,17H/q+1. The van der Waals surface area contributed by atoms with Crippen molar-refractivity contribution in [3.05, 3.63) is 66.3 Å². The van der Waals surface area contributed by atoms with Gasteiger partial charge in [0.25, 0.3) is 0 Å². The van der Waals surface area contributed by atoms with Gasteiger partial charge in [-0.3, -0.25) is 15.0 Å². The highest BCUT2D eigenvalue weighted by Crippen LogP contribution is 2.03. The van der Waals surface area contributed by atoms with Crippen LogP contribution in [-0.4, -0.2) is 16.0 Å². The molecule has 2 aromatic rings. The largest absolute Gasteiger partial charge is 0.289 e. The zero-order valence-corrected chi connectivity index (χ0v) is 9.02. The summed E-state index contributed by atoms with van der Waals surface area (Å²) >= 11 is 0. The number of carbonyl (C=O) groups excluding carboxylic acids is 1. The Morgan fingerprint density at radius 2 is 2.06 bits per heavy atom. The molecule has 0 saturated heterocycles. The molecule has 0 aliphatic carbocycles. The zero-order valence-electron chi connectivity index (χ0n) is 9.02. The van der Waals surface area contributed by atoms with Crippen LogP contribution in [0.5, 0.6) is 0 Å². The number of aromatic nitrogens is 2. The number of ketones is 1. The number of hydrogen-bond donors (Lipinski definition) is 1. The molecule has 4 nitrogen and oxygen atoms in total. The van der Waals surface area contributed by atoms with E-state index in [2.05, 4.69) is 4.98 Å². The van der Waals surface area contributed by atoms with Crippen molar-refractivity contribution in [3.8, 4) is 0 Å². The van der Waals surface area contributed by atoms with E-state index in [1.165, 1.54) is 18.5 Å². The van der Waals surface area contributed by atoms with Crippen LogP contribution >= 0.6 is 0 Å². The fraction of sp³-hybridized carbons (Fsp3) is 0. The summed E-state index contributed by atoms with van der Waals surface area (Å²) in [5.41, 5.74) is 1.39. The first-order chi connectivity index (χ1) is 8.25. The van der Waals surface area contributed by atoms with Gasteiger partial charge in [-0.1, -0.05) is 6.07 Å². The minimum atomic E-state index is -0.116. The normalized spacial score (nSPS) is 10.6. The topological polar surface area (TPSA) is 54.1 Å². The second kappa shape index (κ2) is 5.03. The number of pyridine rings is 2. The van der Waals surface area contributed by atoms with Gasteiger partial charge in [0.1, 0.15) is 0 Å². The van der Waals surface area contributed by atoms with Crippen LogP contribution in [-0.2, 0) is 0 Å². The average molecular weight is 227 g/mol. The first-order valence-corrected chi connectivity index (χ1v) is 5.09. The smallest absolute Gasteiger partial charge is 0.223 e. The van der Waals surface area contributed by atoms with Crippen molar-refractivity contribution in [1.82, 2.24) is 4.98 Å². The molecule has 0 aromatic carbocycles. The quantitative estimate of drug-likeness (QED) is 0.374. The first kappa shape index (κ1) is 11.0. The third-order valence-corrected chi connectivity index (χ3v) is 2.21. The Bertz CT molecular complexity index is 533. The molecule has 0 aliphatic rings. The van der Waals surface area contributed by atoms with Gasteiger partial charge in [0.15, 0.2) is 5.78 Å². The predicted octanol–water partition coefficient (Wildman–Crippen LogP) is 1.50. The Morgan fingerprint density at radius 3 is 2.71 bits per heavy atom. The van der Waals surface area contributed by atoms with Gasteiger partial charge in [0.2, 0.25) is 12.4 Å². The molecule has 0 spiro atoms. The molecule has 84 valence electrons. The van der Waals surface area contributed by atoms with Crippen LogP contribution in [0, 0.1) is 0 Å². The average Bonchev–Trinajstić information content (AvgIpc) is 2.38. The maximum absolute atomic E-state index is 11.7. The lowest BCUT2D eigenvalue weighted by Gasteiger charge is -1.93. The van der Waals surface area contributed by atoms with Gasteiger partial charge < -0.3 is 0 Å². The van der Waals surface area contributed by atoms with Gasteiger partial charge >= 0.3 is 0 Å². The Kier molecular flexibility index (Phi) is 3.25. The molecule has 0 fully saturated rings. The molecule has 2 heterocycles. The summed E-state index contributed by atoms with van der Waals surface area (Å²) in [6.45, 7) is 0. The molecule has 4 heteroatoms. The molecule has 0 bridgehead atoms. The summed E-state index contributed by atoms with van der Waals surface area (Å²) in [6, 6.07) is 6.77. The van der Waals surface area contributed by atoms with Gasteiger partial charge in [-0.2, -0.15) is 0 Å². The number of allylic oxidation sites excluding steroid dienone is 1. The van der Waals surface area contributed by atoms with Crippen LogP contribution in [0.1, 0.15) is 15.9 Å². The summed E-state index contributed by atoms with van der Waals surface area (Å²) in [6.07, 6.45) is 9.35. The summed E-state index contributed by atoms with van der Waals surface area (Å²) in [7, 11) is 0. The van der Waals surface area contributed by atoms with E-state index in [1.54, 1.807) is 36.7 Å². The van der Waals surface area contributed by atoms with E-state index in [9.17, 15) is 4.79 Å². The van der Waals surface area contributed by atoms with E-state index >= 15 is 0 Å². The van der Waals surface area contributed by atoms with E-state index in [-0.39, 0.29) is 5.78 Å². The highest BCUT2D eigenvalue weighted by molar-refractivity contribution is 6.06. The van der Waals surface area contributed by atoms with Gasteiger partial charge in [-0.25, -0.2) is 0 Å².